The maximum absolute atomic E-state index is 13.1. The highest BCUT2D eigenvalue weighted by atomic mass is 32.1. The molecule has 5 aromatic rings. The first-order chi connectivity index (χ1) is 13.6. The predicted octanol–water partition coefficient (Wildman–Crippen LogP) is 2.73. The van der Waals surface area contributed by atoms with Gasteiger partial charge in [0.15, 0.2) is 5.65 Å². The summed E-state index contributed by atoms with van der Waals surface area (Å²) in [6.07, 6.45) is 5.09. The second-order valence-electron chi connectivity index (χ2n) is 6.53. The van der Waals surface area contributed by atoms with E-state index in [0.29, 0.717) is 18.5 Å². The van der Waals surface area contributed by atoms with Crippen molar-refractivity contribution in [2.45, 2.75) is 26.3 Å². The van der Waals surface area contributed by atoms with E-state index in [4.69, 9.17) is 4.98 Å². The molecule has 0 saturated heterocycles. The lowest BCUT2D eigenvalue weighted by Gasteiger charge is -2.03. The first-order valence-corrected chi connectivity index (χ1v) is 10.6. The van der Waals surface area contributed by atoms with Crippen molar-refractivity contribution in [1.82, 2.24) is 34.5 Å². The van der Waals surface area contributed by atoms with Crippen LogP contribution >= 0.6 is 22.7 Å². The van der Waals surface area contributed by atoms with Crippen molar-refractivity contribution >= 4 is 43.9 Å². The highest BCUT2D eigenvalue weighted by Gasteiger charge is 2.18. The van der Waals surface area contributed by atoms with Gasteiger partial charge in [-0.1, -0.05) is 6.92 Å². The molecule has 8 nitrogen and oxygen atoms in total. The lowest BCUT2D eigenvalue weighted by Crippen LogP contribution is -2.24. The van der Waals surface area contributed by atoms with Crippen LogP contribution in [0.3, 0.4) is 0 Å². The van der Waals surface area contributed by atoms with E-state index in [1.165, 1.54) is 4.68 Å². The van der Waals surface area contributed by atoms with Gasteiger partial charge in [-0.3, -0.25) is 9.89 Å². The number of nitrogens with zero attached hydrogens (tertiary/aromatic N) is 6. The fourth-order valence-electron chi connectivity index (χ4n) is 3.30. The van der Waals surface area contributed by atoms with E-state index in [1.807, 2.05) is 23.1 Å². The fraction of sp³-hybridized carbons (Fsp3) is 0.278. The molecule has 0 aromatic carbocycles. The van der Waals surface area contributed by atoms with Crippen LogP contribution in [0.4, 0.5) is 0 Å². The maximum Gasteiger partial charge on any atom is 0.291 e. The van der Waals surface area contributed by atoms with Crippen LogP contribution in [0, 0.1) is 0 Å². The first-order valence-electron chi connectivity index (χ1n) is 8.89. The van der Waals surface area contributed by atoms with E-state index in [2.05, 4.69) is 27.2 Å². The average molecular weight is 412 g/mol. The Morgan fingerprint density at radius 2 is 2.14 bits per heavy atom. The lowest BCUT2D eigenvalue weighted by atomic mass is 10.3. The second kappa shape index (κ2) is 6.64. The predicted molar refractivity (Wildman–Crippen MR) is 110 cm³/mol. The number of fused-ring (bicyclic) bond motifs is 3. The van der Waals surface area contributed by atoms with Gasteiger partial charge in [-0.05, 0) is 12.5 Å². The molecule has 0 saturated carbocycles. The van der Waals surface area contributed by atoms with E-state index in [9.17, 15) is 4.79 Å². The van der Waals surface area contributed by atoms with Crippen LogP contribution in [-0.2, 0) is 26.4 Å². The SMILES string of the molecule is CCc1nc(Cn2ncc3c4sc(Cc5ccn[nH]5)nc4n(C)c3c2=O)cs1. The van der Waals surface area contributed by atoms with Gasteiger partial charge < -0.3 is 4.57 Å². The van der Waals surface area contributed by atoms with Gasteiger partial charge in [0.05, 0.1) is 28.1 Å². The van der Waals surface area contributed by atoms with Gasteiger partial charge in [-0.25, -0.2) is 14.6 Å². The molecule has 10 heteroatoms. The number of hydrogen-bond acceptors (Lipinski definition) is 7. The summed E-state index contributed by atoms with van der Waals surface area (Å²) in [6, 6.07) is 1.94. The summed E-state index contributed by atoms with van der Waals surface area (Å²) in [7, 11) is 1.88. The number of thiazole rings is 2. The Balaban J connectivity index is 1.56. The molecular weight excluding hydrogens is 394 g/mol. The highest BCUT2D eigenvalue weighted by Crippen LogP contribution is 2.31. The van der Waals surface area contributed by atoms with Crippen LogP contribution in [-0.4, -0.2) is 34.5 Å². The molecule has 1 N–H and O–H groups in total. The van der Waals surface area contributed by atoms with Gasteiger partial charge in [0, 0.05) is 36.1 Å². The Morgan fingerprint density at radius 3 is 2.89 bits per heavy atom. The van der Waals surface area contributed by atoms with E-state index in [0.717, 1.165) is 43.6 Å². The van der Waals surface area contributed by atoms with Gasteiger partial charge in [-0.2, -0.15) is 10.2 Å². The zero-order valence-corrected chi connectivity index (χ0v) is 17.0. The Labute approximate surface area is 167 Å². The van der Waals surface area contributed by atoms with E-state index < -0.39 is 0 Å². The molecule has 0 unspecified atom stereocenters. The maximum atomic E-state index is 13.1. The summed E-state index contributed by atoms with van der Waals surface area (Å²) < 4.78 is 4.34. The summed E-state index contributed by atoms with van der Waals surface area (Å²) >= 11 is 3.21. The summed E-state index contributed by atoms with van der Waals surface area (Å²) in [6.45, 7) is 2.45. The number of aryl methyl sites for hydroxylation is 2. The number of aromatic amines is 1. The van der Waals surface area contributed by atoms with E-state index in [-0.39, 0.29) is 5.56 Å². The van der Waals surface area contributed by atoms with Crippen LogP contribution in [0.15, 0.2) is 28.6 Å². The summed E-state index contributed by atoms with van der Waals surface area (Å²) in [4.78, 5) is 22.3. The molecule has 0 atom stereocenters. The molecule has 0 amide bonds. The fourth-order valence-corrected chi connectivity index (χ4v) is 5.17. The highest BCUT2D eigenvalue weighted by molar-refractivity contribution is 7.19. The minimum absolute atomic E-state index is 0.119. The van der Waals surface area contributed by atoms with Gasteiger partial charge >= 0.3 is 0 Å². The van der Waals surface area contributed by atoms with Crippen molar-refractivity contribution < 1.29 is 0 Å². The molecule has 0 aliphatic carbocycles. The minimum Gasteiger partial charge on any atom is -0.323 e. The molecule has 0 aliphatic heterocycles. The van der Waals surface area contributed by atoms with Gasteiger partial charge in [-0.15, -0.1) is 22.7 Å². The average Bonchev–Trinajstić information content (AvgIpc) is 3.46. The lowest BCUT2D eigenvalue weighted by molar-refractivity contribution is 0.634. The van der Waals surface area contributed by atoms with Crippen molar-refractivity contribution in [3.8, 4) is 0 Å². The molecule has 5 aromatic heterocycles. The van der Waals surface area contributed by atoms with Gasteiger partial charge in [0.2, 0.25) is 0 Å². The van der Waals surface area contributed by atoms with Crippen molar-refractivity contribution in [3.05, 3.63) is 55.6 Å². The Bertz CT molecular complexity index is 1340. The Morgan fingerprint density at radius 1 is 1.25 bits per heavy atom. The quantitative estimate of drug-likeness (QED) is 0.480. The molecule has 142 valence electrons. The second-order valence-corrected chi connectivity index (χ2v) is 8.56. The number of aromatic nitrogens is 7. The molecule has 5 rings (SSSR count). The third kappa shape index (κ3) is 2.76. The molecule has 5 heterocycles. The number of hydrogen-bond donors (Lipinski definition) is 1. The standard InChI is InChI=1S/C18H17N7OS2/c1-3-13-21-11(9-27-13)8-25-18(26)15-12(7-20-25)16-17(24(15)2)22-14(28-16)6-10-4-5-19-23-10/h4-5,7,9H,3,6,8H2,1-2H3,(H,19,23). The molecule has 0 bridgehead atoms. The van der Waals surface area contributed by atoms with Crippen LogP contribution < -0.4 is 5.56 Å². The van der Waals surface area contributed by atoms with Crippen molar-refractivity contribution in [3.63, 3.8) is 0 Å². The molecule has 0 aliphatic rings. The molecule has 0 spiro atoms. The minimum atomic E-state index is -0.119. The zero-order valence-electron chi connectivity index (χ0n) is 15.3. The van der Waals surface area contributed by atoms with Gasteiger partial charge in [0.25, 0.3) is 5.56 Å². The zero-order chi connectivity index (χ0) is 19.3. The molecular formula is C18H17N7OS2. The van der Waals surface area contributed by atoms with Crippen LogP contribution in [0.25, 0.3) is 21.3 Å². The summed E-state index contributed by atoms with van der Waals surface area (Å²) in [5.41, 5.74) is 3.20. The normalized spacial score (nSPS) is 11.8. The van der Waals surface area contributed by atoms with Crippen molar-refractivity contribution in [2.24, 2.45) is 7.05 Å². The first kappa shape index (κ1) is 17.3. The van der Waals surface area contributed by atoms with Crippen molar-refractivity contribution in [2.75, 3.05) is 0 Å². The van der Waals surface area contributed by atoms with Gasteiger partial charge in [0.1, 0.15) is 10.5 Å². The number of nitrogens with one attached hydrogen (secondary N) is 1. The van der Waals surface area contributed by atoms with E-state index >= 15 is 0 Å². The Kier molecular flexibility index (Phi) is 4.09. The smallest absolute Gasteiger partial charge is 0.291 e. The van der Waals surface area contributed by atoms with Crippen LogP contribution in [0.2, 0.25) is 0 Å². The van der Waals surface area contributed by atoms with Crippen LogP contribution in [0.5, 0.6) is 0 Å². The monoisotopic (exact) mass is 411 g/mol. The third-order valence-corrected chi connectivity index (χ3v) is 6.80. The summed E-state index contributed by atoms with van der Waals surface area (Å²) in [5, 5.41) is 16.2. The number of rotatable bonds is 5. The molecule has 0 fully saturated rings. The molecule has 0 radical (unpaired) electrons. The van der Waals surface area contributed by atoms with E-state index in [1.54, 1.807) is 35.1 Å². The van der Waals surface area contributed by atoms with Crippen LogP contribution in [0.1, 0.15) is 28.3 Å². The molecule has 28 heavy (non-hydrogen) atoms. The van der Waals surface area contributed by atoms with Crippen molar-refractivity contribution in [1.29, 1.82) is 0 Å². The summed E-state index contributed by atoms with van der Waals surface area (Å²) in [5.74, 6) is 0. The third-order valence-electron chi connectivity index (χ3n) is 4.68. The largest absolute Gasteiger partial charge is 0.323 e. The topological polar surface area (TPSA) is 94.3 Å². The number of H-pyrrole nitrogens is 1. The Hall–Kier alpha value is -2.85.